The standard InChI is InChI=1S/C8H5ClF4OS/c9-4-1-5(10)6(14)2-7(4)15-3-8(11,12)13/h1-2,14H,3H2. The summed E-state index contributed by atoms with van der Waals surface area (Å²) in [6, 6.07) is 1.64. The second kappa shape index (κ2) is 4.49. The molecule has 0 fully saturated rings. The molecular weight excluding hydrogens is 256 g/mol. The number of benzene rings is 1. The lowest BCUT2D eigenvalue weighted by Gasteiger charge is -2.07. The van der Waals surface area contributed by atoms with E-state index in [0.717, 1.165) is 12.1 Å². The highest BCUT2D eigenvalue weighted by molar-refractivity contribution is 7.99. The number of hydrogen-bond acceptors (Lipinski definition) is 2. The summed E-state index contributed by atoms with van der Waals surface area (Å²) in [5, 5.41) is 8.77. The zero-order valence-corrected chi connectivity index (χ0v) is 8.68. The third-order valence-electron chi connectivity index (χ3n) is 1.39. The number of phenolic OH excluding ortho intramolecular Hbond substituents is 1. The number of thioether (sulfide) groups is 1. The molecule has 1 N–H and O–H groups in total. The van der Waals surface area contributed by atoms with E-state index >= 15 is 0 Å². The first kappa shape index (κ1) is 12.4. The van der Waals surface area contributed by atoms with Crippen molar-refractivity contribution < 1.29 is 22.7 Å². The minimum atomic E-state index is -4.34. The molecule has 1 nitrogen and oxygen atoms in total. The predicted molar refractivity (Wildman–Crippen MR) is 49.9 cm³/mol. The monoisotopic (exact) mass is 260 g/mol. The number of aromatic hydroxyl groups is 1. The van der Waals surface area contributed by atoms with Gasteiger partial charge in [-0.3, -0.25) is 0 Å². The maximum Gasteiger partial charge on any atom is 0.398 e. The molecule has 15 heavy (non-hydrogen) atoms. The van der Waals surface area contributed by atoms with Gasteiger partial charge in [-0.1, -0.05) is 11.6 Å². The van der Waals surface area contributed by atoms with Gasteiger partial charge in [0.15, 0.2) is 11.6 Å². The van der Waals surface area contributed by atoms with Crippen molar-refractivity contribution in [1.82, 2.24) is 0 Å². The highest BCUT2D eigenvalue weighted by atomic mass is 35.5. The van der Waals surface area contributed by atoms with Crippen LogP contribution in [0.15, 0.2) is 17.0 Å². The molecule has 1 aromatic rings. The minimum absolute atomic E-state index is 0.00658. The van der Waals surface area contributed by atoms with Crippen LogP contribution in [0.1, 0.15) is 0 Å². The van der Waals surface area contributed by atoms with Gasteiger partial charge in [0.1, 0.15) is 0 Å². The molecule has 0 aliphatic heterocycles. The lowest BCUT2D eigenvalue weighted by atomic mass is 10.3. The van der Waals surface area contributed by atoms with Crippen LogP contribution in [0.2, 0.25) is 5.02 Å². The molecule has 0 radical (unpaired) electrons. The minimum Gasteiger partial charge on any atom is -0.505 e. The van der Waals surface area contributed by atoms with Crippen LogP contribution in [-0.2, 0) is 0 Å². The van der Waals surface area contributed by atoms with Crippen LogP contribution in [-0.4, -0.2) is 17.0 Å². The van der Waals surface area contributed by atoms with Gasteiger partial charge >= 0.3 is 6.18 Å². The van der Waals surface area contributed by atoms with E-state index in [-0.39, 0.29) is 9.92 Å². The van der Waals surface area contributed by atoms with Gasteiger partial charge in [-0.05, 0) is 12.1 Å². The molecule has 1 aromatic carbocycles. The molecule has 0 aliphatic rings. The Hall–Kier alpha value is -0.620. The van der Waals surface area contributed by atoms with E-state index in [0.29, 0.717) is 11.8 Å². The summed E-state index contributed by atoms with van der Waals surface area (Å²) < 4.78 is 48.2. The van der Waals surface area contributed by atoms with Crippen molar-refractivity contribution in [1.29, 1.82) is 0 Å². The second-order valence-corrected chi connectivity index (χ2v) is 4.06. The Kier molecular flexibility index (Phi) is 3.72. The fraction of sp³-hybridized carbons (Fsp3) is 0.250. The Balaban J connectivity index is 2.82. The smallest absolute Gasteiger partial charge is 0.398 e. The molecule has 0 saturated heterocycles. The van der Waals surface area contributed by atoms with E-state index in [1.165, 1.54) is 0 Å². The summed E-state index contributed by atoms with van der Waals surface area (Å²) >= 11 is 5.88. The van der Waals surface area contributed by atoms with Crippen LogP contribution in [0.4, 0.5) is 17.6 Å². The van der Waals surface area contributed by atoms with Crippen LogP contribution >= 0.6 is 23.4 Å². The zero-order valence-electron chi connectivity index (χ0n) is 7.11. The van der Waals surface area contributed by atoms with Gasteiger partial charge in [0.05, 0.1) is 10.8 Å². The van der Waals surface area contributed by atoms with Crippen LogP contribution < -0.4 is 0 Å². The lowest BCUT2D eigenvalue weighted by Crippen LogP contribution is -2.10. The highest BCUT2D eigenvalue weighted by Gasteiger charge is 2.27. The molecule has 0 amide bonds. The van der Waals surface area contributed by atoms with Crippen LogP contribution in [0.3, 0.4) is 0 Å². The van der Waals surface area contributed by atoms with Crippen molar-refractivity contribution >= 4 is 23.4 Å². The second-order valence-electron chi connectivity index (χ2n) is 2.64. The molecule has 0 aliphatic carbocycles. The molecule has 0 saturated carbocycles. The van der Waals surface area contributed by atoms with E-state index in [1.807, 2.05) is 0 Å². The quantitative estimate of drug-likeness (QED) is 0.644. The van der Waals surface area contributed by atoms with E-state index in [1.54, 1.807) is 0 Å². The largest absolute Gasteiger partial charge is 0.505 e. The molecule has 7 heteroatoms. The Labute approximate surface area is 92.0 Å². The third kappa shape index (κ3) is 3.79. The summed E-state index contributed by atoms with van der Waals surface area (Å²) in [7, 11) is 0. The van der Waals surface area contributed by atoms with E-state index in [9.17, 15) is 17.6 Å². The Bertz CT molecular complexity index is 366. The first-order valence-electron chi connectivity index (χ1n) is 3.67. The fourth-order valence-corrected chi connectivity index (χ4v) is 1.81. The Morgan fingerprint density at radius 3 is 2.47 bits per heavy atom. The van der Waals surface area contributed by atoms with Gasteiger partial charge in [-0.25, -0.2) is 4.39 Å². The van der Waals surface area contributed by atoms with E-state index < -0.39 is 23.5 Å². The van der Waals surface area contributed by atoms with E-state index in [4.69, 9.17) is 16.7 Å². The van der Waals surface area contributed by atoms with Crippen LogP contribution in [0, 0.1) is 5.82 Å². The van der Waals surface area contributed by atoms with Crippen molar-refractivity contribution in [3.05, 3.63) is 23.0 Å². The number of phenols is 1. The number of rotatable bonds is 2. The summed E-state index contributed by atoms with van der Waals surface area (Å²) in [6.07, 6.45) is -4.34. The van der Waals surface area contributed by atoms with Crippen molar-refractivity contribution in [3.8, 4) is 5.75 Å². The number of halogens is 5. The predicted octanol–water partition coefficient (Wildman–Crippen LogP) is 3.84. The maximum atomic E-state index is 12.7. The first-order valence-corrected chi connectivity index (χ1v) is 5.03. The maximum absolute atomic E-state index is 12.7. The average molecular weight is 261 g/mol. The van der Waals surface area contributed by atoms with Gasteiger partial charge in [0, 0.05) is 4.90 Å². The normalized spacial score (nSPS) is 11.8. The molecule has 0 bridgehead atoms. The van der Waals surface area contributed by atoms with Gasteiger partial charge in [0.2, 0.25) is 0 Å². The summed E-state index contributed by atoms with van der Waals surface area (Å²) in [5.41, 5.74) is 0. The molecular formula is C8H5ClF4OS. The molecule has 0 spiro atoms. The first-order chi connectivity index (χ1) is 6.79. The molecule has 84 valence electrons. The topological polar surface area (TPSA) is 20.2 Å². The summed E-state index contributed by atoms with van der Waals surface area (Å²) in [6.45, 7) is 0. The number of alkyl halides is 3. The Morgan fingerprint density at radius 2 is 1.93 bits per heavy atom. The van der Waals surface area contributed by atoms with Crippen molar-refractivity contribution in [3.63, 3.8) is 0 Å². The molecule has 0 aromatic heterocycles. The Morgan fingerprint density at radius 1 is 1.33 bits per heavy atom. The van der Waals surface area contributed by atoms with Crippen LogP contribution in [0.25, 0.3) is 0 Å². The fourth-order valence-electron chi connectivity index (χ4n) is 0.789. The molecule has 0 unspecified atom stereocenters. The van der Waals surface area contributed by atoms with Gasteiger partial charge in [-0.2, -0.15) is 13.2 Å². The number of hydrogen-bond donors (Lipinski definition) is 1. The molecule has 0 atom stereocenters. The molecule has 0 heterocycles. The lowest BCUT2D eigenvalue weighted by molar-refractivity contribution is -0.105. The van der Waals surface area contributed by atoms with Crippen LogP contribution in [0.5, 0.6) is 5.75 Å². The summed E-state index contributed by atoms with van der Waals surface area (Å²) in [5.74, 6) is -2.82. The van der Waals surface area contributed by atoms with Crippen molar-refractivity contribution in [2.75, 3.05) is 5.75 Å². The van der Waals surface area contributed by atoms with Crippen molar-refractivity contribution in [2.45, 2.75) is 11.1 Å². The zero-order chi connectivity index (χ0) is 11.6. The van der Waals surface area contributed by atoms with Gasteiger partial charge in [-0.15, -0.1) is 11.8 Å². The average Bonchev–Trinajstić information content (AvgIpc) is 2.07. The van der Waals surface area contributed by atoms with Gasteiger partial charge in [0.25, 0.3) is 0 Å². The highest BCUT2D eigenvalue weighted by Crippen LogP contribution is 2.35. The third-order valence-corrected chi connectivity index (χ3v) is 2.94. The SMILES string of the molecule is Oc1cc(SCC(F)(F)F)c(Cl)cc1F. The molecule has 1 rings (SSSR count). The summed E-state index contributed by atoms with van der Waals surface area (Å²) in [4.78, 5) is -0.00658. The van der Waals surface area contributed by atoms with Gasteiger partial charge < -0.3 is 5.11 Å². The van der Waals surface area contributed by atoms with Crippen molar-refractivity contribution in [2.24, 2.45) is 0 Å². The van der Waals surface area contributed by atoms with E-state index in [2.05, 4.69) is 0 Å².